The van der Waals surface area contributed by atoms with Crippen LogP contribution in [0.1, 0.15) is 23.6 Å². The van der Waals surface area contributed by atoms with Gasteiger partial charge in [-0.3, -0.25) is 0 Å². The summed E-state index contributed by atoms with van der Waals surface area (Å²) in [6.07, 6.45) is 3.83. The molecule has 0 fully saturated rings. The van der Waals surface area contributed by atoms with E-state index < -0.39 is 0 Å². The van der Waals surface area contributed by atoms with E-state index in [1.54, 1.807) is 16.7 Å². The minimum Gasteiger partial charge on any atom is -0.0617 e. The second kappa shape index (κ2) is 2.12. The summed E-state index contributed by atoms with van der Waals surface area (Å²) in [7, 11) is 0. The number of rotatable bonds is 1. The van der Waals surface area contributed by atoms with Gasteiger partial charge in [0.05, 0.1) is 0 Å². The third-order valence-electron chi connectivity index (χ3n) is 2.40. The van der Waals surface area contributed by atoms with Gasteiger partial charge in [0.15, 0.2) is 0 Å². The van der Waals surface area contributed by atoms with E-state index in [0.717, 1.165) is 0 Å². The van der Waals surface area contributed by atoms with Gasteiger partial charge in [-0.1, -0.05) is 25.1 Å². The standard InChI is InChI=1S/C10H12/c1-2-8-4-3-5-9-6-7-10(8)9/h3-5H,2,6-7H2,1H3. The molecule has 0 atom stereocenters. The van der Waals surface area contributed by atoms with Gasteiger partial charge in [-0.2, -0.15) is 0 Å². The highest BCUT2D eigenvalue weighted by Gasteiger charge is 2.14. The van der Waals surface area contributed by atoms with Crippen molar-refractivity contribution in [3.8, 4) is 0 Å². The molecule has 52 valence electrons. The molecule has 0 heteroatoms. The summed E-state index contributed by atoms with van der Waals surface area (Å²) in [6, 6.07) is 6.67. The lowest BCUT2D eigenvalue weighted by Gasteiger charge is -2.21. The average molecular weight is 132 g/mol. The monoisotopic (exact) mass is 132 g/mol. The highest BCUT2D eigenvalue weighted by atomic mass is 14.2. The SMILES string of the molecule is CCc1cccc2c1CC2. The van der Waals surface area contributed by atoms with Crippen molar-refractivity contribution in [3.63, 3.8) is 0 Å². The van der Waals surface area contributed by atoms with E-state index >= 15 is 0 Å². The number of aryl methyl sites for hydroxylation is 2. The summed E-state index contributed by atoms with van der Waals surface area (Å²) in [6.45, 7) is 2.23. The van der Waals surface area contributed by atoms with Gasteiger partial charge in [0.1, 0.15) is 0 Å². The van der Waals surface area contributed by atoms with Crippen LogP contribution in [0, 0.1) is 0 Å². The van der Waals surface area contributed by atoms with Gasteiger partial charge in [0.2, 0.25) is 0 Å². The molecule has 1 aliphatic carbocycles. The topological polar surface area (TPSA) is 0 Å². The Kier molecular flexibility index (Phi) is 1.26. The molecule has 0 spiro atoms. The van der Waals surface area contributed by atoms with Crippen molar-refractivity contribution in [3.05, 3.63) is 34.9 Å². The van der Waals surface area contributed by atoms with Crippen LogP contribution < -0.4 is 0 Å². The molecular formula is C10H12. The summed E-state index contributed by atoms with van der Waals surface area (Å²) >= 11 is 0. The highest BCUT2D eigenvalue weighted by Crippen LogP contribution is 2.26. The van der Waals surface area contributed by atoms with Crippen LogP contribution in [0.25, 0.3) is 0 Å². The molecule has 0 nitrogen and oxygen atoms in total. The minimum absolute atomic E-state index is 1.20. The van der Waals surface area contributed by atoms with E-state index in [9.17, 15) is 0 Å². The maximum Gasteiger partial charge on any atom is -0.0233 e. The number of hydrogen-bond donors (Lipinski definition) is 0. The summed E-state index contributed by atoms with van der Waals surface area (Å²) in [5.41, 5.74) is 4.77. The van der Waals surface area contributed by atoms with Crippen LogP contribution in [-0.2, 0) is 19.3 Å². The zero-order valence-corrected chi connectivity index (χ0v) is 6.35. The van der Waals surface area contributed by atoms with Crippen LogP contribution in [0.4, 0.5) is 0 Å². The fourth-order valence-corrected chi connectivity index (χ4v) is 1.66. The molecule has 0 aromatic heterocycles. The Morgan fingerprint density at radius 1 is 1.30 bits per heavy atom. The summed E-state index contributed by atoms with van der Waals surface area (Å²) in [5.74, 6) is 0. The molecule has 0 saturated heterocycles. The van der Waals surface area contributed by atoms with E-state index in [1.165, 1.54) is 19.3 Å². The van der Waals surface area contributed by atoms with E-state index in [0.29, 0.717) is 0 Å². The number of benzene rings is 1. The van der Waals surface area contributed by atoms with Crippen LogP contribution in [-0.4, -0.2) is 0 Å². The molecule has 0 bridgehead atoms. The Labute approximate surface area is 61.9 Å². The van der Waals surface area contributed by atoms with Gasteiger partial charge in [-0.25, -0.2) is 0 Å². The normalized spacial score (nSPS) is 14.1. The Balaban J connectivity index is 2.51. The predicted octanol–water partition coefficient (Wildman–Crippen LogP) is 2.35. The van der Waals surface area contributed by atoms with Crippen LogP contribution in [0.3, 0.4) is 0 Å². The van der Waals surface area contributed by atoms with Crippen molar-refractivity contribution in [1.29, 1.82) is 0 Å². The average Bonchev–Trinajstić information content (AvgIpc) is 1.91. The third kappa shape index (κ3) is 0.683. The van der Waals surface area contributed by atoms with Gasteiger partial charge in [-0.15, -0.1) is 0 Å². The van der Waals surface area contributed by atoms with Crippen molar-refractivity contribution in [2.75, 3.05) is 0 Å². The minimum atomic E-state index is 1.20. The van der Waals surface area contributed by atoms with Crippen molar-refractivity contribution in [2.24, 2.45) is 0 Å². The predicted molar refractivity (Wildman–Crippen MR) is 43.2 cm³/mol. The summed E-state index contributed by atoms with van der Waals surface area (Å²) < 4.78 is 0. The number of hydrogen-bond acceptors (Lipinski definition) is 0. The zero-order valence-electron chi connectivity index (χ0n) is 6.35. The molecule has 0 saturated carbocycles. The van der Waals surface area contributed by atoms with Gasteiger partial charge < -0.3 is 0 Å². The lowest BCUT2D eigenvalue weighted by Crippen LogP contribution is -2.10. The molecule has 1 aromatic carbocycles. The molecular weight excluding hydrogens is 120 g/mol. The Morgan fingerprint density at radius 3 is 2.70 bits per heavy atom. The smallest absolute Gasteiger partial charge is 0.0233 e. The molecule has 0 aliphatic heterocycles. The molecule has 0 radical (unpaired) electrons. The Morgan fingerprint density at radius 2 is 2.20 bits per heavy atom. The molecule has 10 heavy (non-hydrogen) atoms. The maximum atomic E-state index is 2.25. The highest BCUT2D eigenvalue weighted by molar-refractivity contribution is 5.41. The Bertz CT molecular complexity index is 248. The molecule has 0 N–H and O–H groups in total. The van der Waals surface area contributed by atoms with Gasteiger partial charge in [0.25, 0.3) is 0 Å². The van der Waals surface area contributed by atoms with Crippen LogP contribution in [0.5, 0.6) is 0 Å². The van der Waals surface area contributed by atoms with Crippen molar-refractivity contribution >= 4 is 0 Å². The van der Waals surface area contributed by atoms with Crippen LogP contribution >= 0.6 is 0 Å². The largest absolute Gasteiger partial charge is 0.0617 e. The Hall–Kier alpha value is -0.780. The van der Waals surface area contributed by atoms with E-state index in [2.05, 4.69) is 25.1 Å². The van der Waals surface area contributed by atoms with E-state index in [1.807, 2.05) is 0 Å². The van der Waals surface area contributed by atoms with E-state index in [-0.39, 0.29) is 0 Å². The first-order chi connectivity index (χ1) is 4.92. The second-order valence-electron chi connectivity index (χ2n) is 2.91. The van der Waals surface area contributed by atoms with Crippen LogP contribution in [0.15, 0.2) is 18.2 Å². The fraction of sp³-hybridized carbons (Fsp3) is 0.400. The molecule has 0 amide bonds. The first-order valence-electron chi connectivity index (χ1n) is 4.01. The van der Waals surface area contributed by atoms with Gasteiger partial charge in [0, 0.05) is 0 Å². The molecule has 0 heterocycles. The molecule has 1 aromatic rings. The quantitative estimate of drug-likeness (QED) is 0.550. The van der Waals surface area contributed by atoms with E-state index in [4.69, 9.17) is 0 Å². The fourth-order valence-electron chi connectivity index (χ4n) is 1.66. The molecule has 0 unspecified atom stereocenters. The second-order valence-corrected chi connectivity index (χ2v) is 2.91. The lowest BCUT2D eigenvalue weighted by molar-refractivity contribution is 0.815. The van der Waals surface area contributed by atoms with Gasteiger partial charge >= 0.3 is 0 Å². The first-order valence-corrected chi connectivity index (χ1v) is 4.01. The van der Waals surface area contributed by atoms with Crippen LogP contribution in [0.2, 0.25) is 0 Å². The van der Waals surface area contributed by atoms with Gasteiger partial charge in [-0.05, 0) is 36.0 Å². The summed E-state index contributed by atoms with van der Waals surface area (Å²) in [4.78, 5) is 0. The van der Waals surface area contributed by atoms with Crippen molar-refractivity contribution in [2.45, 2.75) is 26.2 Å². The van der Waals surface area contributed by atoms with Crippen molar-refractivity contribution < 1.29 is 0 Å². The van der Waals surface area contributed by atoms with Crippen molar-refractivity contribution in [1.82, 2.24) is 0 Å². The lowest BCUT2D eigenvalue weighted by atomic mass is 9.84. The zero-order chi connectivity index (χ0) is 6.97. The first kappa shape index (κ1) is 5.96. The third-order valence-corrected chi connectivity index (χ3v) is 2.40. The molecule has 2 rings (SSSR count). The maximum absolute atomic E-state index is 2.25. The summed E-state index contributed by atoms with van der Waals surface area (Å²) in [5, 5.41) is 0. The molecule has 1 aliphatic rings. The number of fused-ring (bicyclic) bond motifs is 1.